The summed E-state index contributed by atoms with van der Waals surface area (Å²) >= 11 is 0. The summed E-state index contributed by atoms with van der Waals surface area (Å²) in [5, 5.41) is 10.9. The minimum Gasteiger partial charge on any atom is -0.494 e. The van der Waals surface area contributed by atoms with Crippen LogP contribution >= 0.6 is 0 Å². The average Bonchev–Trinajstić information content (AvgIpc) is 2.80. The predicted molar refractivity (Wildman–Crippen MR) is 117 cm³/mol. The molecular weight excluding hydrogens is 399 g/mol. The van der Waals surface area contributed by atoms with Crippen molar-refractivity contribution in [1.29, 1.82) is 0 Å². The van der Waals surface area contributed by atoms with Crippen LogP contribution in [-0.2, 0) is 0 Å². The summed E-state index contributed by atoms with van der Waals surface area (Å²) in [6.07, 6.45) is 0.622. The van der Waals surface area contributed by atoms with Crippen molar-refractivity contribution in [3.63, 3.8) is 0 Å². The van der Waals surface area contributed by atoms with Crippen molar-refractivity contribution in [2.75, 3.05) is 19.7 Å². The molecule has 0 heterocycles. The van der Waals surface area contributed by atoms with Crippen LogP contribution in [0.4, 0.5) is 10.1 Å². The maximum absolute atomic E-state index is 13.2. The zero-order valence-electron chi connectivity index (χ0n) is 17.2. The lowest BCUT2D eigenvalue weighted by molar-refractivity contribution is -0.384. The van der Waals surface area contributed by atoms with E-state index < -0.39 is 4.92 Å². The Morgan fingerprint density at radius 1 is 1.03 bits per heavy atom. The maximum Gasteiger partial charge on any atom is 0.269 e. The second-order valence-corrected chi connectivity index (χ2v) is 6.89. The molecule has 1 amide bonds. The molecule has 3 rings (SSSR count). The van der Waals surface area contributed by atoms with Gasteiger partial charge in [-0.2, -0.15) is 0 Å². The third kappa shape index (κ3) is 5.66. The van der Waals surface area contributed by atoms with Crippen molar-refractivity contribution in [1.82, 2.24) is 4.90 Å². The van der Waals surface area contributed by atoms with E-state index in [0.717, 1.165) is 11.1 Å². The van der Waals surface area contributed by atoms with E-state index in [1.54, 1.807) is 41.3 Å². The summed E-state index contributed by atoms with van der Waals surface area (Å²) in [7, 11) is 0. The number of hydrogen-bond acceptors (Lipinski definition) is 4. The standard InChI is InChI=1S/C24H23FN2O4/c1-2-26(16-5-17-31-21-14-10-19(25)11-15-21)24(28)23-7-4-3-6-22(23)18-8-12-20(13-9-18)27(29)30/h3-4,6-15H,2,5,16-17H2,1H3. The first kappa shape index (κ1) is 22.0. The van der Waals surface area contributed by atoms with Gasteiger partial charge in [0.2, 0.25) is 0 Å². The van der Waals surface area contributed by atoms with E-state index in [-0.39, 0.29) is 17.4 Å². The van der Waals surface area contributed by atoms with Gasteiger partial charge in [-0.05, 0) is 66.9 Å². The molecule has 0 bridgehead atoms. The Morgan fingerprint density at radius 3 is 2.35 bits per heavy atom. The zero-order chi connectivity index (χ0) is 22.2. The summed E-state index contributed by atoms with van der Waals surface area (Å²) in [4.78, 5) is 25.4. The van der Waals surface area contributed by atoms with Crippen LogP contribution in [0.3, 0.4) is 0 Å². The average molecular weight is 422 g/mol. The van der Waals surface area contributed by atoms with E-state index in [1.165, 1.54) is 24.3 Å². The number of ether oxygens (including phenoxy) is 1. The maximum atomic E-state index is 13.2. The Bertz CT molecular complexity index is 1040. The summed E-state index contributed by atoms with van der Waals surface area (Å²) < 4.78 is 18.6. The fraction of sp³-hybridized carbons (Fsp3) is 0.208. The molecule has 3 aromatic rings. The third-order valence-electron chi connectivity index (χ3n) is 4.87. The number of carbonyl (C=O) groups excluding carboxylic acids is 1. The Hall–Kier alpha value is -3.74. The molecule has 0 spiro atoms. The number of amides is 1. The van der Waals surface area contributed by atoms with E-state index >= 15 is 0 Å². The van der Waals surface area contributed by atoms with E-state index in [1.807, 2.05) is 19.1 Å². The summed E-state index contributed by atoms with van der Waals surface area (Å²) in [6.45, 7) is 3.35. The van der Waals surface area contributed by atoms with Gasteiger partial charge in [-0.3, -0.25) is 14.9 Å². The zero-order valence-corrected chi connectivity index (χ0v) is 17.2. The fourth-order valence-electron chi connectivity index (χ4n) is 3.23. The molecular formula is C24H23FN2O4. The Balaban J connectivity index is 1.67. The second kappa shape index (κ2) is 10.3. The summed E-state index contributed by atoms with van der Waals surface area (Å²) in [6, 6.07) is 19.2. The van der Waals surface area contributed by atoms with E-state index in [4.69, 9.17) is 4.74 Å². The molecule has 0 saturated carbocycles. The van der Waals surface area contributed by atoms with Crippen LogP contribution in [0, 0.1) is 15.9 Å². The quantitative estimate of drug-likeness (QED) is 0.265. The SMILES string of the molecule is CCN(CCCOc1ccc(F)cc1)C(=O)c1ccccc1-c1ccc([N+](=O)[O-])cc1. The largest absolute Gasteiger partial charge is 0.494 e. The topological polar surface area (TPSA) is 72.7 Å². The van der Waals surface area contributed by atoms with E-state index in [9.17, 15) is 19.3 Å². The lowest BCUT2D eigenvalue weighted by atomic mass is 9.98. The van der Waals surface area contributed by atoms with Crippen LogP contribution < -0.4 is 4.74 Å². The van der Waals surface area contributed by atoms with Gasteiger partial charge in [-0.15, -0.1) is 0 Å². The highest BCUT2D eigenvalue weighted by atomic mass is 19.1. The molecule has 0 aliphatic heterocycles. The van der Waals surface area contributed by atoms with Crippen LogP contribution in [0.5, 0.6) is 5.75 Å². The van der Waals surface area contributed by atoms with Crippen LogP contribution in [0.25, 0.3) is 11.1 Å². The smallest absolute Gasteiger partial charge is 0.269 e. The van der Waals surface area contributed by atoms with Crippen molar-refractivity contribution in [2.24, 2.45) is 0 Å². The van der Waals surface area contributed by atoms with Gasteiger partial charge in [-0.25, -0.2) is 4.39 Å². The molecule has 0 N–H and O–H groups in total. The summed E-state index contributed by atoms with van der Waals surface area (Å²) in [5.74, 6) is 0.152. The fourth-order valence-corrected chi connectivity index (χ4v) is 3.23. The first-order valence-electron chi connectivity index (χ1n) is 10.0. The Kier molecular flexibility index (Phi) is 7.32. The van der Waals surface area contributed by atoms with Gasteiger partial charge in [0.15, 0.2) is 0 Å². The van der Waals surface area contributed by atoms with Crippen LogP contribution in [0.2, 0.25) is 0 Å². The normalized spacial score (nSPS) is 10.5. The molecule has 0 aliphatic carbocycles. The second-order valence-electron chi connectivity index (χ2n) is 6.89. The van der Waals surface area contributed by atoms with Crippen LogP contribution in [0.15, 0.2) is 72.8 Å². The molecule has 0 saturated heterocycles. The highest BCUT2D eigenvalue weighted by molar-refractivity contribution is 6.00. The van der Waals surface area contributed by atoms with Gasteiger partial charge < -0.3 is 9.64 Å². The molecule has 0 radical (unpaired) electrons. The van der Waals surface area contributed by atoms with Gasteiger partial charge in [-0.1, -0.05) is 18.2 Å². The summed E-state index contributed by atoms with van der Waals surface area (Å²) in [5.41, 5.74) is 2.01. The Morgan fingerprint density at radius 2 is 1.71 bits per heavy atom. The first-order valence-corrected chi connectivity index (χ1v) is 10.0. The monoisotopic (exact) mass is 422 g/mol. The molecule has 0 aromatic heterocycles. The Labute approximate surface area is 180 Å². The predicted octanol–water partition coefficient (Wildman–Crippen LogP) is 5.33. The molecule has 0 fully saturated rings. The van der Waals surface area contributed by atoms with Crippen molar-refractivity contribution < 1.29 is 18.8 Å². The molecule has 7 heteroatoms. The number of hydrogen-bond donors (Lipinski definition) is 0. The lowest BCUT2D eigenvalue weighted by Crippen LogP contribution is -2.32. The molecule has 31 heavy (non-hydrogen) atoms. The molecule has 0 aliphatic rings. The van der Waals surface area contributed by atoms with E-state index in [0.29, 0.717) is 37.4 Å². The van der Waals surface area contributed by atoms with Crippen molar-refractivity contribution in [2.45, 2.75) is 13.3 Å². The number of nitrogens with zero attached hydrogens (tertiary/aromatic N) is 2. The van der Waals surface area contributed by atoms with Crippen molar-refractivity contribution in [3.8, 4) is 16.9 Å². The molecule has 160 valence electrons. The number of halogens is 1. The number of benzene rings is 3. The van der Waals surface area contributed by atoms with Gasteiger partial charge in [0.05, 0.1) is 11.5 Å². The van der Waals surface area contributed by atoms with Gasteiger partial charge in [0.1, 0.15) is 11.6 Å². The number of nitro benzene ring substituents is 1. The number of carbonyl (C=O) groups is 1. The highest BCUT2D eigenvalue weighted by Gasteiger charge is 2.18. The highest BCUT2D eigenvalue weighted by Crippen LogP contribution is 2.27. The first-order chi connectivity index (χ1) is 15.0. The van der Waals surface area contributed by atoms with Crippen LogP contribution in [0.1, 0.15) is 23.7 Å². The van der Waals surface area contributed by atoms with Crippen molar-refractivity contribution in [3.05, 3.63) is 94.3 Å². The molecule has 0 atom stereocenters. The van der Waals surface area contributed by atoms with Gasteiger partial charge in [0, 0.05) is 30.8 Å². The minimum atomic E-state index is -0.451. The third-order valence-corrected chi connectivity index (χ3v) is 4.87. The van der Waals surface area contributed by atoms with Crippen LogP contribution in [-0.4, -0.2) is 35.4 Å². The van der Waals surface area contributed by atoms with E-state index in [2.05, 4.69) is 0 Å². The van der Waals surface area contributed by atoms with Gasteiger partial charge >= 0.3 is 0 Å². The molecule has 6 nitrogen and oxygen atoms in total. The lowest BCUT2D eigenvalue weighted by Gasteiger charge is -2.22. The molecule has 3 aromatic carbocycles. The number of rotatable bonds is 9. The minimum absolute atomic E-state index is 0.00361. The van der Waals surface area contributed by atoms with Gasteiger partial charge in [0.25, 0.3) is 11.6 Å². The van der Waals surface area contributed by atoms with Crippen molar-refractivity contribution >= 4 is 11.6 Å². The molecule has 0 unspecified atom stereocenters. The number of nitro groups is 1. The number of non-ortho nitro benzene ring substituents is 1.